The van der Waals surface area contributed by atoms with Crippen LogP contribution in [0.2, 0.25) is 0 Å². The predicted octanol–water partition coefficient (Wildman–Crippen LogP) is 3.58. The van der Waals surface area contributed by atoms with Crippen LogP contribution in [0.25, 0.3) is 0 Å². The zero-order valence-corrected chi connectivity index (χ0v) is 17.2. The van der Waals surface area contributed by atoms with Crippen molar-refractivity contribution in [3.63, 3.8) is 0 Å². The number of rotatable bonds is 4. The van der Waals surface area contributed by atoms with Crippen LogP contribution in [0.3, 0.4) is 0 Å². The van der Waals surface area contributed by atoms with Crippen molar-refractivity contribution in [1.29, 1.82) is 0 Å². The average Bonchev–Trinajstić information content (AvgIpc) is 2.97. The monoisotopic (exact) mass is 376 g/mol. The second-order valence-electron chi connectivity index (χ2n) is 8.32. The average molecular weight is 377 g/mol. The summed E-state index contributed by atoms with van der Waals surface area (Å²) in [6.07, 6.45) is 6.50. The smallest absolute Gasteiger partial charge is 0.281 e. The molecule has 1 aliphatic carbocycles. The quantitative estimate of drug-likeness (QED) is 0.870. The van der Waals surface area contributed by atoms with E-state index in [0.29, 0.717) is 18.4 Å². The fraction of sp³-hybridized carbons (Fsp3) is 0.417. The third kappa shape index (κ3) is 3.61. The maximum atomic E-state index is 13.3. The fourth-order valence-corrected chi connectivity index (χ4v) is 4.42. The van der Waals surface area contributed by atoms with Crippen molar-refractivity contribution in [2.45, 2.75) is 52.0 Å². The number of quaternary nitrogens is 1. The van der Waals surface area contributed by atoms with Gasteiger partial charge in [-0.15, -0.1) is 0 Å². The third-order valence-corrected chi connectivity index (χ3v) is 6.34. The molecule has 4 rings (SSSR count). The number of carbonyl (C=O) groups is 1. The van der Waals surface area contributed by atoms with Crippen molar-refractivity contribution in [3.8, 4) is 0 Å². The zero-order valence-electron chi connectivity index (χ0n) is 17.2. The van der Waals surface area contributed by atoms with Crippen molar-refractivity contribution in [2.75, 3.05) is 18.6 Å². The van der Waals surface area contributed by atoms with Crippen LogP contribution in [0, 0.1) is 13.8 Å². The Bertz CT molecular complexity index is 912. The SMILES string of the molecule is Cc1ccc(N=C2C(=O)N(C[NH+](C)C3CCCCC3)c3ccccc32)cc1C. The van der Waals surface area contributed by atoms with Crippen molar-refractivity contribution < 1.29 is 9.69 Å². The van der Waals surface area contributed by atoms with E-state index < -0.39 is 0 Å². The van der Waals surface area contributed by atoms with Gasteiger partial charge in [0.05, 0.1) is 24.5 Å². The Labute approximate surface area is 167 Å². The van der Waals surface area contributed by atoms with Crippen LogP contribution in [0.15, 0.2) is 47.5 Å². The van der Waals surface area contributed by atoms with Gasteiger partial charge in [0.25, 0.3) is 5.91 Å². The van der Waals surface area contributed by atoms with E-state index in [0.717, 1.165) is 16.9 Å². The highest BCUT2D eigenvalue weighted by atomic mass is 16.2. The number of anilines is 1. The predicted molar refractivity (Wildman–Crippen MR) is 115 cm³/mol. The Balaban J connectivity index is 1.64. The summed E-state index contributed by atoms with van der Waals surface area (Å²) in [6, 6.07) is 14.8. The lowest BCUT2D eigenvalue weighted by molar-refractivity contribution is -0.906. The van der Waals surface area contributed by atoms with Crippen molar-refractivity contribution in [3.05, 3.63) is 59.2 Å². The summed E-state index contributed by atoms with van der Waals surface area (Å²) in [4.78, 5) is 21.4. The number of nitrogens with one attached hydrogen (secondary N) is 1. The topological polar surface area (TPSA) is 37.1 Å². The molecule has 2 aromatic rings. The van der Waals surface area contributed by atoms with Crippen molar-refractivity contribution in [2.24, 2.45) is 4.99 Å². The number of fused-ring (bicyclic) bond motifs is 1. The molecule has 1 amide bonds. The standard InChI is InChI=1S/C24H29N3O/c1-17-13-14-19(15-18(17)2)25-23-21-11-7-8-12-22(21)27(24(23)28)16-26(3)20-9-5-4-6-10-20/h7-8,11-15,20H,4-6,9-10,16H2,1-3H3/p+1. The van der Waals surface area contributed by atoms with Crippen LogP contribution in [0.1, 0.15) is 48.8 Å². The van der Waals surface area contributed by atoms with Crippen LogP contribution in [0.4, 0.5) is 11.4 Å². The molecule has 0 aromatic heterocycles. The molecule has 0 radical (unpaired) electrons. The molecular formula is C24H30N3O+. The zero-order chi connectivity index (χ0) is 19.7. The van der Waals surface area contributed by atoms with Gasteiger partial charge in [-0.2, -0.15) is 0 Å². The van der Waals surface area contributed by atoms with Gasteiger partial charge in [0.2, 0.25) is 0 Å². The number of hydrogen-bond acceptors (Lipinski definition) is 2. The summed E-state index contributed by atoms with van der Waals surface area (Å²) in [5.41, 5.74) is 5.78. The van der Waals surface area contributed by atoms with Gasteiger partial charge in [-0.3, -0.25) is 9.69 Å². The fourth-order valence-electron chi connectivity index (χ4n) is 4.42. The lowest BCUT2D eigenvalue weighted by atomic mass is 9.95. The second kappa shape index (κ2) is 7.88. The minimum atomic E-state index is 0.0228. The van der Waals surface area contributed by atoms with E-state index in [1.807, 2.05) is 35.2 Å². The Morgan fingerprint density at radius 1 is 1.04 bits per heavy atom. The van der Waals surface area contributed by atoms with Gasteiger partial charge in [-0.1, -0.05) is 30.7 Å². The Hall–Kier alpha value is -2.46. The van der Waals surface area contributed by atoms with Crippen LogP contribution >= 0.6 is 0 Å². The van der Waals surface area contributed by atoms with Gasteiger partial charge in [-0.05, 0) is 68.9 Å². The largest absolute Gasteiger partial charge is 0.317 e. The molecule has 1 saturated carbocycles. The maximum absolute atomic E-state index is 13.3. The highest BCUT2D eigenvalue weighted by Gasteiger charge is 2.36. The molecule has 0 spiro atoms. The third-order valence-electron chi connectivity index (χ3n) is 6.34. The molecule has 1 atom stereocenters. The number of para-hydroxylation sites is 1. The van der Waals surface area contributed by atoms with Gasteiger partial charge in [0, 0.05) is 5.56 Å². The van der Waals surface area contributed by atoms with Crippen LogP contribution in [-0.2, 0) is 4.79 Å². The van der Waals surface area contributed by atoms with Gasteiger partial charge in [0.15, 0.2) is 6.67 Å². The van der Waals surface area contributed by atoms with Crippen LogP contribution in [-0.4, -0.2) is 31.4 Å². The van der Waals surface area contributed by atoms with Crippen molar-refractivity contribution in [1.82, 2.24) is 0 Å². The molecule has 2 aromatic carbocycles. The maximum Gasteiger partial charge on any atom is 0.281 e. The number of hydrogen-bond donors (Lipinski definition) is 1. The molecular weight excluding hydrogens is 346 g/mol. The van der Waals surface area contributed by atoms with E-state index in [2.05, 4.69) is 33.0 Å². The minimum absolute atomic E-state index is 0.0228. The number of aliphatic imine (C=N–C) groups is 1. The summed E-state index contributed by atoms with van der Waals surface area (Å²) < 4.78 is 0. The van der Waals surface area contributed by atoms with E-state index in [-0.39, 0.29) is 5.91 Å². The first-order chi connectivity index (χ1) is 13.5. The first-order valence-corrected chi connectivity index (χ1v) is 10.4. The second-order valence-corrected chi connectivity index (χ2v) is 8.32. The highest BCUT2D eigenvalue weighted by Crippen LogP contribution is 2.30. The molecule has 4 heteroatoms. The van der Waals surface area contributed by atoms with E-state index >= 15 is 0 Å². The Morgan fingerprint density at radius 2 is 1.79 bits per heavy atom. The minimum Gasteiger partial charge on any atom is -0.317 e. The first-order valence-electron chi connectivity index (χ1n) is 10.4. The summed E-state index contributed by atoms with van der Waals surface area (Å²) in [5, 5.41) is 0. The lowest BCUT2D eigenvalue weighted by Gasteiger charge is -2.31. The molecule has 1 N–H and O–H groups in total. The van der Waals surface area contributed by atoms with Gasteiger partial charge < -0.3 is 4.90 Å². The number of nitrogens with zero attached hydrogens (tertiary/aromatic N) is 2. The molecule has 2 aliphatic rings. The van der Waals surface area contributed by atoms with Gasteiger partial charge in [0.1, 0.15) is 5.71 Å². The summed E-state index contributed by atoms with van der Waals surface area (Å²) in [7, 11) is 2.23. The molecule has 28 heavy (non-hydrogen) atoms. The molecule has 1 unspecified atom stereocenters. The summed E-state index contributed by atoms with van der Waals surface area (Å²) >= 11 is 0. The Morgan fingerprint density at radius 3 is 2.54 bits per heavy atom. The summed E-state index contributed by atoms with van der Waals surface area (Å²) in [6.45, 7) is 4.87. The normalized spacial score (nSPS) is 19.9. The van der Waals surface area contributed by atoms with E-state index in [4.69, 9.17) is 4.99 Å². The Kier molecular flexibility index (Phi) is 5.31. The molecule has 1 aliphatic heterocycles. The highest BCUT2D eigenvalue weighted by molar-refractivity contribution is 6.54. The molecule has 0 bridgehead atoms. The van der Waals surface area contributed by atoms with Crippen LogP contribution in [0.5, 0.6) is 0 Å². The van der Waals surface area contributed by atoms with Crippen molar-refractivity contribution >= 4 is 23.0 Å². The van der Waals surface area contributed by atoms with E-state index in [1.54, 1.807) is 0 Å². The summed E-state index contributed by atoms with van der Waals surface area (Å²) in [5.74, 6) is 0.0228. The molecule has 0 saturated heterocycles. The first kappa shape index (κ1) is 18.9. The molecule has 1 heterocycles. The van der Waals surface area contributed by atoms with E-state index in [9.17, 15) is 4.79 Å². The number of carbonyl (C=O) groups excluding carboxylic acids is 1. The number of benzene rings is 2. The van der Waals surface area contributed by atoms with Gasteiger partial charge >= 0.3 is 0 Å². The lowest BCUT2D eigenvalue weighted by Crippen LogP contribution is -3.14. The van der Waals surface area contributed by atoms with Gasteiger partial charge in [-0.25, -0.2) is 4.99 Å². The molecule has 1 fully saturated rings. The van der Waals surface area contributed by atoms with E-state index in [1.165, 1.54) is 48.1 Å². The van der Waals surface area contributed by atoms with Crippen LogP contribution < -0.4 is 9.80 Å². The number of amides is 1. The molecule has 146 valence electrons. The molecule has 4 nitrogen and oxygen atoms in total. The number of aryl methyl sites for hydroxylation is 2.